The van der Waals surface area contributed by atoms with Gasteiger partial charge in [-0.2, -0.15) is 0 Å². The van der Waals surface area contributed by atoms with E-state index in [1.807, 2.05) is 34.9 Å². The summed E-state index contributed by atoms with van der Waals surface area (Å²) in [6.45, 7) is 0.963. The molecule has 1 amide bonds. The largest absolute Gasteiger partial charge is 0.383 e. The molecule has 0 saturated carbocycles. The molecule has 0 saturated heterocycles. The SMILES string of the molecule is COCCNC(=O)c1cc2c(ncn2-c2ccccc2)[nH]1. The number of H-pyrrole nitrogens is 1. The van der Waals surface area contributed by atoms with Crippen LogP contribution >= 0.6 is 0 Å². The highest BCUT2D eigenvalue weighted by Gasteiger charge is 2.13. The van der Waals surface area contributed by atoms with Gasteiger partial charge in [0, 0.05) is 19.3 Å². The van der Waals surface area contributed by atoms with E-state index in [1.54, 1.807) is 19.5 Å². The molecule has 0 spiro atoms. The van der Waals surface area contributed by atoms with E-state index in [9.17, 15) is 4.79 Å². The predicted molar refractivity (Wildman–Crippen MR) is 79.6 cm³/mol. The fraction of sp³-hybridized carbons (Fsp3) is 0.200. The number of amides is 1. The van der Waals surface area contributed by atoms with Crippen LogP contribution in [0.5, 0.6) is 0 Å². The Morgan fingerprint density at radius 2 is 2.19 bits per heavy atom. The zero-order valence-corrected chi connectivity index (χ0v) is 11.7. The summed E-state index contributed by atoms with van der Waals surface area (Å²) in [5, 5.41) is 2.78. The molecule has 6 nitrogen and oxygen atoms in total. The summed E-state index contributed by atoms with van der Waals surface area (Å²) in [7, 11) is 1.60. The van der Waals surface area contributed by atoms with Gasteiger partial charge in [0.15, 0.2) is 5.65 Å². The van der Waals surface area contributed by atoms with Crippen molar-refractivity contribution < 1.29 is 9.53 Å². The fourth-order valence-electron chi connectivity index (χ4n) is 2.17. The number of carbonyl (C=O) groups excluding carboxylic acids is 1. The normalized spacial score (nSPS) is 10.9. The van der Waals surface area contributed by atoms with Gasteiger partial charge in [0.25, 0.3) is 5.91 Å². The minimum Gasteiger partial charge on any atom is -0.383 e. The van der Waals surface area contributed by atoms with Crippen LogP contribution in [0.1, 0.15) is 10.5 Å². The summed E-state index contributed by atoms with van der Waals surface area (Å²) in [6, 6.07) is 11.7. The topological polar surface area (TPSA) is 71.9 Å². The average Bonchev–Trinajstić information content (AvgIpc) is 3.08. The first kappa shape index (κ1) is 13.4. The van der Waals surface area contributed by atoms with Crippen LogP contribution in [0.4, 0.5) is 0 Å². The van der Waals surface area contributed by atoms with Crippen molar-refractivity contribution in [1.29, 1.82) is 0 Å². The molecule has 0 aliphatic rings. The molecule has 3 rings (SSSR count). The molecule has 21 heavy (non-hydrogen) atoms. The molecule has 108 valence electrons. The number of aromatic nitrogens is 3. The van der Waals surface area contributed by atoms with E-state index < -0.39 is 0 Å². The molecule has 0 aliphatic heterocycles. The molecule has 2 N–H and O–H groups in total. The maximum Gasteiger partial charge on any atom is 0.267 e. The number of rotatable bonds is 5. The number of nitrogens with one attached hydrogen (secondary N) is 2. The van der Waals surface area contributed by atoms with Gasteiger partial charge in [-0.25, -0.2) is 4.98 Å². The number of para-hydroxylation sites is 1. The highest BCUT2D eigenvalue weighted by molar-refractivity contribution is 5.96. The van der Waals surface area contributed by atoms with E-state index in [4.69, 9.17) is 4.74 Å². The minimum atomic E-state index is -0.162. The molecule has 2 heterocycles. The van der Waals surface area contributed by atoms with Crippen LogP contribution in [0.2, 0.25) is 0 Å². The van der Waals surface area contributed by atoms with Crippen molar-refractivity contribution in [3.63, 3.8) is 0 Å². The maximum absolute atomic E-state index is 12.0. The van der Waals surface area contributed by atoms with Crippen molar-refractivity contribution in [1.82, 2.24) is 19.9 Å². The number of nitrogens with zero attached hydrogens (tertiary/aromatic N) is 2. The van der Waals surface area contributed by atoms with Crippen LogP contribution in [0.15, 0.2) is 42.7 Å². The Morgan fingerprint density at radius 1 is 1.38 bits per heavy atom. The Morgan fingerprint density at radius 3 is 2.95 bits per heavy atom. The lowest BCUT2D eigenvalue weighted by Gasteiger charge is -2.02. The second-order valence-corrected chi connectivity index (χ2v) is 4.62. The van der Waals surface area contributed by atoms with Crippen molar-refractivity contribution in [2.45, 2.75) is 0 Å². The number of imidazole rings is 1. The molecule has 0 bridgehead atoms. The number of aromatic amines is 1. The average molecular weight is 284 g/mol. The van der Waals surface area contributed by atoms with Gasteiger partial charge in [-0.3, -0.25) is 9.36 Å². The summed E-state index contributed by atoms with van der Waals surface area (Å²) in [5.74, 6) is -0.162. The predicted octanol–water partition coefficient (Wildman–Crippen LogP) is 1.73. The number of benzene rings is 1. The zero-order chi connectivity index (χ0) is 14.7. The van der Waals surface area contributed by atoms with Gasteiger partial charge in [-0.15, -0.1) is 0 Å². The van der Waals surface area contributed by atoms with E-state index in [-0.39, 0.29) is 5.91 Å². The van der Waals surface area contributed by atoms with Gasteiger partial charge in [-0.05, 0) is 18.2 Å². The van der Waals surface area contributed by atoms with Gasteiger partial charge in [-0.1, -0.05) is 18.2 Å². The smallest absolute Gasteiger partial charge is 0.267 e. The van der Waals surface area contributed by atoms with E-state index in [0.29, 0.717) is 24.5 Å². The standard InChI is InChI=1S/C15H16N4O2/c1-21-8-7-16-15(20)12-9-13-14(18-12)17-10-19(13)11-5-3-2-4-6-11/h2-6,9-10,18H,7-8H2,1H3,(H,16,20). The van der Waals surface area contributed by atoms with E-state index in [1.165, 1.54) is 0 Å². The van der Waals surface area contributed by atoms with Crippen LogP contribution < -0.4 is 5.32 Å². The molecule has 1 aromatic carbocycles. The lowest BCUT2D eigenvalue weighted by atomic mass is 10.3. The molecule has 3 aromatic rings. The molecule has 6 heteroatoms. The highest BCUT2D eigenvalue weighted by atomic mass is 16.5. The van der Waals surface area contributed by atoms with Crippen LogP contribution in [-0.4, -0.2) is 40.7 Å². The summed E-state index contributed by atoms with van der Waals surface area (Å²) >= 11 is 0. The first-order chi connectivity index (χ1) is 10.3. The van der Waals surface area contributed by atoms with Crippen LogP contribution in [0.3, 0.4) is 0 Å². The summed E-state index contributed by atoms with van der Waals surface area (Å²) in [6.07, 6.45) is 1.74. The summed E-state index contributed by atoms with van der Waals surface area (Å²) in [5.41, 5.74) is 3.06. The second-order valence-electron chi connectivity index (χ2n) is 4.62. The quantitative estimate of drug-likeness (QED) is 0.701. The van der Waals surface area contributed by atoms with Crippen LogP contribution in [0.25, 0.3) is 16.9 Å². The Bertz CT molecular complexity index is 745. The van der Waals surface area contributed by atoms with Crippen molar-refractivity contribution >= 4 is 17.1 Å². The number of hydrogen-bond acceptors (Lipinski definition) is 3. The minimum absolute atomic E-state index is 0.162. The monoisotopic (exact) mass is 284 g/mol. The molecular weight excluding hydrogens is 268 g/mol. The van der Waals surface area contributed by atoms with Crippen LogP contribution in [-0.2, 0) is 4.74 Å². The molecule has 0 aliphatic carbocycles. The van der Waals surface area contributed by atoms with Gasteiger partial charge in [0.2, 0.25) is 0 Å². The number of hydrogen-bond donors (Lipinski definition) is 2. The third-order valence-electron chi connectivity index (χ3n) is 3.21. The molecule has 0 radical (unpaired) electrons. The number of fused-ring (bicyclic) bond motifs is 1. The lowest BCUT2D eigenvalue weighted by Crippen LogP contribution is -2.27. The van der Waals surface area contributed by atoms with E-state index in [2.05, 4.69) is 15.3 Å². The van der Waals surface area contributed by atoms with Crippen molar-refractivity contribution in [2.75, 3.05) is 20.3 Å². The molecule has 2 aromatic heterocycles. The van der Waals surface area contributed by atoms with Gasteiger partial charge in [0.05, 0.1) is 12.1 Å². The number of methoxy groups -OCH3 is 1. The van der Waals surface area contributed by atoms with Crippen molar-refractivity contribution in [3.8, 4) is 5.69 Å². The second kappa shape index (κ2) is 5.80. The third kappa shape index (κ3) is 2.66. The number of carbonyl (C=O) groups is 1. The van der Waals surface area contributed by atoms with E-state index in [0.717, 1.165) is 11.2 Å². The lowest BCUT2D eigenvalue weighted by molar-refractivity contribution is 0.0933. The maximum atomic E-state index is 12.0. The Balaban J connectivity index is 1.88. The number of ether oxygens (including phenoxy) is 1. The Labute approximate surface area is 121 Å². The molecule has 0 fully saturated rings. The molecule has 0 atom stereocenters. The summed E-state index contributed by atoms with van der Waals surface area (Å²) < 4.78 is 6.85. The van der Waals surface area contributed by atoms with Crippen molar-refractivity contribution in [3.05, 3.63) is 48.4 Å². The Hall–Kier alpha value is -2.60. The first-order valence-electron chi connectivity index (χ1n) is 6.68. The highest BCUT2D eigenvalue weighted by Crippen LogP contribution is 2.18. The van der Waals surface area contributed by atoms with Crippen LogP contribution in [0, 0.1) is 0 Å². The van der Waals surface area contributed by atoms with Gasteiger partial charge in [0.1, 0.15) is 12.0 Å². The third-order valence-corrected chi connectivity index (χ3v) is 3.21. The van der Waals surface area contributed by atoms with E-state index >= 15 is 0 Å². The van der Waals surface area contributed by atoms with Gasteiger partial charge >= 0.3 is 0 Å². The van der Waals surface area contributed by atoms with Gasteiger partial charge < -0.3 is 15.0 Å². The summed E-state index contributed by atoms with van der Waals surface area (Å²) in [4.78, 5) is 19.3. The Kier molecular flexibility index (Phi) is 3.70. The van der Waals surface area contributed by atoms with Crippen molar-refractivity contribution in [2.24, 2.45) is 0 Å². The zero-order valence-electron chi connectivity index (χ0n) is 11.7. The first-order valence-corrected chi connectivity index (χ1v) is 6.68. The molecule has 0 unspecified atom stereocenters. The molecular formula is C15H16N4O2. The fourth-order valence-corrected chi connectivity index (χ4v) is 2.17.